The molecule has 0 saturated carbocycles. The first-order valence-electron chi connectivity index (χ1n) is 5.35. The average Bonchev–Trinajstić information content (AvgIpc) is 2.92. The Kier molecular flexibility index (Phi) is 2.81. The van der Waals surface area contributed by atoms with Crippen LogP contribution in [-0.4, -0.2) is 29.7 Å². The number of hydrogen-bond donors (Lipinski definition) is 1. The molecule has 2 heterocycles. The zero-order valence-corrected chi connectivity index (χ0v) is 10.4. The van der Waals surface area contributed by atoms with Crippen molar-refractivity contribution in [3.8, 4) is 17.3 Å². The van der Waals surface area contributed by atoms with Crippen molar-refractivity contribution in [3.05, 3.63) is 41.9 Å². The minimum Gasteiger partial charge on any atom is -0.368 e. The molecule has 0 atom stereocenters. The third-order valence-corrected chi connectivity index (χ3v) is 2.58. The molecule has 7 nitrogen and oxygen atoms in total. The molecule has 94 valence electrons. The van der Waals surface area contributed by atoms with Crippen LogP contribution in [0.2, 0.25) is 5.02 Å². The van der Waals surface area contributed by atoms with Crippen LogP contribution in [0, 0.1) is 0 Å². The van der Waals surface area contributed by atoms with Crippen molar-refractivity contribution in [1.29, 1.82) is 0 Å². The summed E-state index contributed by atoms with van der Waals surface area (Å²) in [7, 11) is 0. The number of nitrogen functional groups attached to an aromatic ring is 1. The van der Waals surface area contributed by atoms with Gasteiger partial charge in [0, 0.05) is 10.6 Å². The van der Waals surface area contributed by atoms with Crippen LogP contribution >= 0.6 is 11.6 Å². The van der Waals surface area contributed by atoms with Crippen LogP contribution in [0.15, 0.2) is 36.9 Å². The van der Waals surface area contributed by atoms with Crippen LogP contribution in [-0.2, 0) is 0 Å². The van der Waals surface area contributed by atoms with Gasteiger partial charge in [0.1, 0.15) is 12.7 Å². The molecular formula is C11H8ClN7. The number of nitrogens with two attached hydrogens (primary N) is 1. The SMILES string of the molecule is Nc1nc(-c2cccc(Cl)c2)nc(-n2cncn2)n1. The van der Waals surface area contributed by atoms with Gasteiger partial charge in [0.15, 0.2) is 5.82 Å². The van der Waals surface area contributed by atoms with E-state index >= 15 is 0 Å². The van der Waals surface area contributed by atoms with Gasteiger partial charge in [0.25, 0.3) is 5.95 Å². The smallest absolute Gasteiger partial charge is 0.257 e. The molecule has 0 aliphatic rings. The molecule has 0 spiro atoms. The van der Waals surface area contributed by atoms with E-state index < -0.39 is 0 Å². The summed E-state index contributed by atoms with van der Waals surface area (Å²) in [6.45, 7) is 0. The van der Waals surface area contributed by atoms with E-state index in [0.717, 1.165) is 5.56 Å². The molecule has 0 unspecified atom stereocenters. The highest BCUT2D eigenvalue weighted by Crippen LogP contribution is 2.20. The highest BCUT2D eigenvalue weighted by atomic mass is 35.5. The lowest BCUT2D eigenvalue weighted by Gasteiger charge is -2.04. The molecule has 2 N–H and O–H groups in total. The van der Waals surface area contributed by atoms with Gasteiger partial charge in [0.2, 0.25) is 5.95 Å². The second-order valence-electron chi connectivity index (χ2n) is 3.67. The van der Waals surface area contributed by atoms with Gasteiger partial charge in [0.05, 0.1) is 0 Å². The Balaban J connectivity index is 2.12. The molecule has 8 heteroatoms. The molecule has 0 radical (unpaired) electrons. The number of rotatable bonds is 2. The number of benzene rings is 1. The van der Waals surface area contributed by atoms with Crippen LogP contribution < -0.4 is 5.73 Å². The zero-order chi connectivity index (χ0) is 13.2. The molecule has 19 heavy (non-hydrogen) atoms. The van der Waals surface area contributed by atoms with Gasteiger partial charge in [-0.25, -0.2) is 4.98 Å². The summed E-state index contributed by atoms with van der Waals surface area (Å²) in [5, 5.41) is 4.55. The quantitative estimate of drug-likeness (QED) is 0.757. The second kappa shape index (κ2) is 4.62. The van der Waals surface area contributed by atoms with Crippen LogP contribution in [0.1, 0.15) is 0 Å². The molecule has 3 aromatic rings. The van der Waals surface area contributed by atoms with E-state index in [1.807, 2.05) is 12.1 Å². The van der Waals surface area contributed by atoms with Gasteiger partial charge in [-0.2, -0.15) is 24.7 Å². The summed E-state index contributed by atoms with van der Waals surface area (Å²) in [6, 6.07) is 7.17. The van der Waals surface area contributed by atoms with Crippen molar-refractivity contribution in [3.63, 3.8) is 0 Å². The van der Waals surface area contributed by atoms with Crippen LogP contribution in [0.3, 0.4) is 0 Å². The maximum absolute atomic E-state index is 5.94. The first-order chi connectivity index (χ1) is 9.22. The van der Waals surface area contributed by atoms with Crippen LogP contribution in [0.4, 0.5) is 5.95 Å². The lowest BCUT2D eigenvalue weighted by molar-refractivity contribution is 0.800. The van der Waals surface area contributed by atoms with Gasteiger partial charge >= 0.3 is 0 Å². The Morgan fingerprint density at radius 2 is 2.05 bits per heavy atom. The lowest BCUT2D eigenvalue weighted by atomic mass is 10.2. The second-order valence-corrected chi connectivity index (χ2v) is 4.10. The highest BCUT2D eigenvalue weighted by molar-refractivity contribution is 6.30. The Morgan fingerprint density at radius 3 is 2.79 bits per heavy atom. The van der Waals surface area contributed by atoms with Crippen molar-refractivity contribution >= 4 is 17.5 Å². The van der Waals surface area contributed by atoms with Gasteiger partial charge in [-0.3, -0.25) is 0 Å². The third-order valence-electron chi connectivity index (χ3n) is 2.35. The third kappa shape index (κ3) is 2.36. The summed E-state index contributed by atoms with van der Waals surface area (Å²) in [5.74, 6) is 0.843. The number of nitrogens with zero attached hydrogens (tertiary/aromatic N) is 6. The van der Waals surface area contributed by atoms with Crippen molar-refractivity contribution in [1.82, 2.24) is 29.7 Å². The van der Waals surface area contributed by atoms with E-state index in [2.05, 4.69) is 25.0 Å². The number of anilines is 1. The molecule has 0 fully saturated rings. The maximum atomic E-state index is 5.94. The monoisotopic (exact) mass is 273 g/mol. The van der Waals surface area contributed by atoms with E-state index in [-0.39, 0.29) is 5.95 Å². The zero-order valence-electron chi connectivity index (χ0n) is 9.60. The fraction of sp³-hybridized carbons (Fsp3) is 0. The summed E-state index contributed by atoms with van der Waals surface area (Å²) < 4.78 is 1.41. The predicted molar refractivity (Wildman–Crippen MR) is 69.6 cm³/mol. The molecule has 0 amide bonds. The maximum Gasteiger partial charge on any atom is 0.257 e. The van der Waals surface area contributed by atoms with Gasteiger partial charge in [-0.1, -0.05) is 23.7 Å². The Hall–Kier alpha value is -2.54. The molecular weight excluding hydrogens is 266 g/mol. The largest absolute Gasteiger partial charge is 0.368 e. The van der Waals surface area contributed by atoms with Crippen molar-refractivity contribution in [2.75, 3.05) is 5.73 Å². The summed E-state index contributed by atoms with van der Waals surface area (Å²) in [6.07, 6.45) is 2.87. The van der Waals surface area contributed by atoms with Crippen LogP contribution in [0.25, 0.3) is 17.3 Å². The topological polar surface area (TPSA) is 95.4 Å². The normalized spacial score (nSPS) is 10.6. The highest BCUT2D eigenvalue weighted by Gasteiger charge is 2.09. The van der Waals surface area contributed by atoms with E-state index in [0.29, 0.717) is 16.8 Å². The number of hydrogen-bond acceptors (Lipinski definition) is 6. The molecule has 0 aliphatic heterocycles. The molecule has 3 rings (SSSR count). The number of halogens is 1. The Morgan fingerprint density at radius 1 is 1.16 bits per heavy atom. The van der Waals surface area contributed by atoms with Gasteiger partial charge < -0.3 is 5.73 Å². The van der Waals surface area contributed by atoms with Crippen molar-refractivity contribution in [2.45, 2.75) is 0 Å². The summed E-state index contributed by atoms with van der Waals surface area (Å²) in [4.78, 5) is 16.2. The van der Waals surface area contributed by atoms with E-state index in [1.54, 1.807) is 12.1 Å². The standard InChI is InChI=1S/C11H8ClN7/c12-8-3-1-2-7(4-8)9-16-10(13)18-11(17-9)19-6-14-5-15-19/h1-6H,(H2,13,16,17,18). The van der Waals surface area contributed by atoms with Crippen LogP contribution in [0.5, 0.6) is 0 Å². The fourth-order valence-corrected chi connectivity index (χ4v) is 1.74. The molecule has 1 aromatic carbocycles. The Labute approximate surface area is 113 Å². The molecule has 0 bridgehead atoms. The lowest BCUT2D eigenvalue weighted by Crippen LogP contribution is -2.08. The fourth-order valence-electron chi connectivity index (χ4n) is 1.55. The molecule has 0 aliphatic carbocycles. The predicted octanol–water partition coefficient (Wildman–Crippen LogP) is 1.35. The van der Waals surface area contributed by atoms with Crippen molar-refractivity contribution < 1.29 is 0 Å². The minimum absolute atomic E-state index is 0.107. The molecule has 2 aromatic heterocycles. The van der Waals surface area contributed by atoms with Gasteiger partial charge in [-0.05, 0) is 12.1 Å². The summed E-state index contributed by atoms with van der Waals surface area (Å²) in [5.41, 5.74) is 6.44. The Bertz CT molecular complexity index is 711. The van der Waals surface area contributed by atoms with Crippen molar-refractivity contribution in [2.24, 2.45) is 0 Å². The molecule has 0 saturated heterocycles. The minimum atomic E-state index is 0.107. The summed E-state index contributed by atoms with van der Waals surface area (Å²) >= 11 is 5.94. The van der Waals surface area contributed by atoms with E-state index in [4.69, 9.17) is 17.3 Å². The first-order valence-corrected chi connectivity index (χ1v) is 5.73. The average molecular weight is 274 g/mol. The van der Waals surface area contributed by atoms with E-state index in [1.165, 1.54) is 17.3 Å². The number of aromatic nitrogens is 6. The van der Waals surface area contributed by atoms with E-state index in [9.17, 15) is 0 Å². The van der Waals surface area contributed by atoms with Gasteiger partial charge in [-0.15, -0.1) is 0 Å². The first kappa shape index (κ1) is 11.5.